The molecule has 0 fully saturated rings. The maximum absolute atomic E-state index is 12.1. The average Bonchev–Trinajstić information content (AvgIpc) is 2.56. The molecule has 5 nitrogen and oxygen atoms in total. The van der Waals surface area contributed by atoms with Gasteiger partial charge in [-0.3, -0.25) is 0 Å². The third kappa shape index (κ3) is 4.72. The van der Waals surface area contributed by atoms with E-state index >= 15 is 0 Å². The Kier molecular flexibility index (Phi) is 6.00. The molecule has 2 aromatic carbocycles. The van der Waals surface area contributed by atoms with Gasteiger partial charge in [-0.2, -0.15) is 0 Å². The van der Waals surface area contributed by atoms with Crippen LogP contribution in [0.1, 0.15) is 23.6 Å². The number of hydrogen-bond acceptors (Lipinski definition) is 3. The van der Waals surface area contributed by atoms with E-state index in [9.17, 15) is 9.90 Å². The maximum atomic E-state index is 12.1. The number of amides is 2. The van der Waals surface area contributed by atoms with Crippen LogP contribution in [0, 0.1) is 6.92 Å². The van der Waals surface area contributed by atoms with Gasteiger partial charge in [0.05, 0.1) is 18.9 Å². The first-order valence-corrected chi connectivity index (χ1v) is 7.60. The van der Waals surface area contributed by atoms with E-state index < -0.39 is 0 Å². The minimum Gasteiger partial charge on any atom is -0.492 e. The lowest BCUT2D eigenvalue weighted by atomic mass is 10.1. The van der Waals surface area contributed by atoms with Crippen LogP contribution in [0.25, 0.3) is 0 Å². The monoisotopic (exact) mass is 314 g/mol. The summed E-state index contributed by atoms with van der Waals surface area (Å²) >= 11 is 0. The first-order chi connectivity index (χ1) is 11.1. The van der Waals surface area contributed by atoms with Crippen LogP contribution < -0.4 is 15.4 Å². The normalized spacial score (nSPS) is 10.2. The van der Waals surface area contributed by atoms with Crippen LogP contribution in [0.2, 0.25) is 0 Å². The molecule has 23 heavy (non-hydrogen) atoms. The van der Waals surface area contributed by atoms with Crippen molar-refractivity contribution >= 4 is 11.7 Å². The van der Waals surface area contributed by atoms with Gasteiger partial charge in [0.2, 0.25) is 0 Å². The summed E-state index contributed by atoms with van der Waals surface area (Å²) in [5.41, 5.74) is 3.39. The third-order valence-corrected chi connectivity index (χ3v) is 3.41. The number of urea groups is 1. The fraction of sp³-hybridized carbons (Fsp3) is 0.278. The van der Waals surface area contributed by atoms with E-state index in [4.69, 9.17) is 4.74 Å². The van der Waals surface area contributed by atoms with Crippen LogP contribution in [0.15, 0.2) is 42.5 Å². The van der Waals surface area contributed by atoms with Crippen LogP contribution in [0.3, 0.4) is 0 Å². The highest BCUT2D eigenvalue weighted by Crippen LogP contribution is 2.25. The van der Waals surface area contributed by atoms with Gasteiger partial charge in [-0.15, -0.1) is 0 Å². The minimum absolute atomic E-state index is 0.0497. The van der Waals surface area contributed by atoms with Crippen LogP contribution in [-0.4, -0.2) is 17.7 Å². The van der Waals surface area contributed by atoms with Crippen molar-refractivity contribution in [1.29, 1.82) is 0 Å². The molecular weight excluding hydrogens is 292 g/mol. The summed E-state index contributed by atoms with van der Waals surface area (Å²) in [6.07, 6.45) is 0. The van der Waals surface area contributed by atoms with Gasteiger partial charge in [0.25, 0.3) is 0 Å². The molecular formula is C18H22N2O3. The smallest absolute Gasteiger partial charge is 0.319 e. The summed E-state index contributed by atoms with van der Waals surface area (Å²) in [6, 6.07) is 12.8. The Bertz CT molecular complexity index is 671. The first-order valence-electron chi connectivity index (χ1n) is 7.60. The predicted molar refractivity (Wildman–Crippen MR) is 90.6 cm³/mol. The zero-order chi connectivity index (χ0) is 16.7. The lowest BCUT2D eigenvalue weighted by molar-refractivity contribution is 0.251. The number of anilines is 1. The van der Waals surface area contributed by atoms with E-state index in [0.29, 0.717) is 24.6 Å². The minimum atomic E-state index is -0.317. The van der Waals surface area contributed by atoms with Crippen LogP contribution >= 0.6 is 0 Å². The molecule has 5 heteroatoms. The highest BCUT2D eigenvalue weighted by molar-refractivity contribution is 5.90. The Hall–Kier alpha value is -2.53. The van der Waals surface area contributed by atoms with Crippen LogP contribution in [-0.2, 0) is 13.2 Å². The number of nitrogens with one attached hydrogen (secondary N) is 2. The summed E-state index contributed by atoms with van der Waals surface area (Å²) in [5.74, 6) is 0.651. The molecule has 2 amide bonds. The molecule has 2 aromatic rings. The van der Waals surface area contributed by atoms with E-state index in [2.05, 4.69) is 10.6 Å². The summed E-state index contributed by atoms with van der Waals surface area (Å²) in [6.45, 7) is 4.70. The summed E-state index contributed by atoms with van der Waals surface area (Å²) in [7, 11) is 0. The van der Waals surface area contributed by atoms with E-state index in [0.717, 1.165) is 16.7 Å². The number of aliphatic hydroxyl groups excluding tert-OH is 1. The highest BCUT2D eigenvalue weighted by Gasteiger charge is 2.09. The van der Waals surface area contributed by atoms with Gasteiger partial charge in [0.1, 0.15) is 5.75 Å². The number of ether oxygens (including phenoxy) is 1. The second-order valence-electron chi connectivity index (χ2n) is 5.17. The number of carbonyl (C=O) groups excluding carboxylic acids is 1. The van der Waals surface area contributed by atoms with Gasteiger partial charge in [0.15, 0.2) is 0 Å². The Morgan fingerprint density at radius 1 is 1.17 bits per heavy atom. The quantitative estimate of drug-likeness (QED) is 0.767. The molecule has 0 aliphatic carbocycles. The van der Waals surface area contributed by atoms with Crippen molar-refractivity contribution in [3.8, 4) is 5.75 Å². The average molecular weight is 314 g/mol. The third-order valence-electron chi connectivity index (χ3n) is 3.41. The van der Waals surface area contributed by atoms with Gasteiger partial charge in [-0.25, -0.2) is 4.79 Å². The number of rotatable bonds is 6. The lowest BCUT2D eigenvalue weighted by Crippen LogP contribution is -2.28. The molecule has 0 radical (unpaired) electrons. The van der Waals surface area contributed by atoms with Gasteiger partial charge < -0.3 is 20.5 Å². The highest BCUT2D eigenvalue weighted by atomic mass is 16.5. The molecule has 0 heterocycles. The number of aryl methyl sites for hydroxylation is 1. The van der Waals surface area contributed by atoms with Crippen LogP contribution in [0.4, 0.5) is 10.5 Å². The van der Waals surface area contributed by atoms with E-state index in [1.807, 2.05) is 56.3 Å². The summed E-state index contributed by atoms with van der Waals surface area (Å²) in [4.78, 5) is 12.1. The number of aliphatic hydroxyl groups is 1. The molecule has 0 bridgehead atoms. The van der Waals surface area contributed by atoms with Gasteiger partial charge in [-0.1, -0.05) is 30.3 Å². The van der Waals surface area contributed by atoms with Crippen molar-refractivity contribution in [2.75, 3.05) is 11.9 Å². The molecule has 0 unspecified atom stereocenters. The standard InChI is InChI=1S/C18H22N2O3/c1-3-23-17-10-13(2)8-9-16(17)20-18(22)19-11-14-6-4-5-7-15(14)12-21/h4-10,21H,3,11-12H2,1-2H3,(H2,19,20,22). The van der Waals surface area contributed by atoms with Crippen molar-refractivity contribution in [2.45, 2.75) is 27.0 Å². The molecule has 0 aromatic heterocycles. The zero-order valence-corrected chi connectivity index (χ0v) is 13.4. The van der Waals surface area contributed by atoms with Crippen molar-refractivity contribution in [1.82, 2.24) is 5.32 Å². The number of benzene rings is 2. The van der Waals surface area contributed by atoms with Crippen LogP contribution in [0.5, 0.6) is 5.75 Å². The van der Waals surface area contributed by atoms with Crippen molar-refractivity contribution in [2.24, 2.45) is 0 Å². The Morgan fingerprint density at radius 2 is 1.91 bits per heavy atom. The number of hydrogen-bond donors (Lipinski definition) is 3. The van der Waals surface area contributed by atoms with Gasteiger partial charge >= 0.3 is 6.03 Å². The Morgan fingerprint density at radius 3 is 2.61 bits per heavy atom. The zero-order valence-electron chi connectivity index (χ0n) is 13.4. The maximum Gasteiger partial charge on any atom is 0.319 e. The molecule has 0 aliphatic heterocycles. The fourth-order valence-corrected chi connectivity index (χ4v) is 2.23. The van der Waals surface area contributed by atoms with E-state index in [-0.39, 0.29) is 12.6 Å². The predicted octanol–water partition coefficient (Wildman–Crippen LogP) is 3.21. The fourth-order valence-electron chi connectivity index (χ4n) is 2.23. The molecule has 0 saturated carbocycles. The second-order valence-corrected chi connectivity index (χ2v) is 5.17. The van der Waals surface area contributed by atoms with Crippen molar-refractivity contribution < 1.29 is 14.6 Å². The summed E-state index contributed by atoms with van der Waals surface area (Å²) < 4.78 is 5.54. The first kappa shape index (κ1) is 16.8. The van der Waals surface area contributed by atoms with E-state index in [1.54, 1.807) is 0 Å². The van der Waals surface area contributed by atoms with Gasteiger partial charge in [0, 0.05) is 6.54 Å². The Labute approximate surface area is 136 Å². The summed E-state index contributed by atoms with van der Waals surface area (Å²) in [5, 5.41) is 14.9. The second kappa shape index (κ2) is 8.19. The van der Waals surface area contributed by atoms with Gasteiger partial charge in [-0.05, 0) is 42.7 Å². The van der Waals surface area contributed by atoms with Crippen molar-refractivity contribution in [3.05, 3.63) is 59.2 Å². The number of carbonyl (C=O) groups is 1. The van der Waals surface area contributed by atoms with E-state index in [1.165, 1.54) is 0 Å². The Balaban J connectivity index is 2.00. The lowest BCUT2D eigenvalue weighted by Gasteiger charge is -2.13. The van der Waals surface area contributed by atoms with Crippen molar-refractivity contribution in [3.63, 3.8) is 0 Å². The molecule has 0 spiro atoms. The molecule has 0 aliphatic rings. The molecule has 3 N–H and O–H groups in total. The topological polar surface area (TPSA) is 70.6 Å². The molecule has 0 saturated heterocycles. The molecule has 2 rings (SSSR count). The molecule has 122 valence electrons. The molecule has 0 atom stereocenters. The SMILES string of the molecule is CCOc1cc(C)ccc1NC(=O)NCc1ccccc1CO. The largest absolute Gasteiger partial charge is 0.492 e.